The van der Waals surface area contributed by atoms with Crippen LogP contribution in [0.25, 0.3) is 10.2 Å². The number of nitro benzene ring substituents is 1. The molecule has 0 unspecified atom stereocenters. The number of nitrogens with zero attached hydrogens (tertiary/aromatic N) is 3. The summed E-state index contributed by atoms with van der Waals surface area (Å²) in [6.07, 6.45) is 0. The number of halogens is 2. The zero-order chi connectivity index (χ0) is 15.0. The van der Waals surface area contributed by atoms with E-state index < -0.39 is 4.92 Å². The third kappa shape index (κ3) is 2.76. The highest BCUT2D eigenvalue weighted by Crippen LogP contribution is 2.35. The summed E-state index contributed by atoms with van der Waals surface area (Å²) < 4.78 is 5.61. The van der Waals surface area contributed by atoms with Gasteiger partial charge in [0.25, 0.3) is 5.69 Å². The molecule has 2 aromatic heterocycles. The van der Waals surface area contributed by atoms with Gasteiger partial charge >= 0.3 is 0 Å². The first-order chi connectivity index (χ1) is 10.0. The quantitative estimate of drug-likeness (QED) is 0.392. The van der Waals surface area contributed by atoms with Crippen molar-refractivity contribution in [3.63, 3.8) is 0 Å². The van der Waals surface area contributed by atoms with E-state index >= 15 is 0 Å². The molecule has 0 saturated carbocycles. The lowest BCUT2D eigenvalue weighted by Gasteiger charge is -2.07. The summed E-state index contributed by atoms with van der Waals surface area (Å²) in [5.74, 6) is 0.506. The highest BCUT2D eigenvalue weighted by Gasteiger charge is 2.14. The summed E-state index contributed by atoms with van der Waals surface area (Å²) in [6, 6.07) is 5.72. The van der Waals surface area contributed by atoms with Gasteiger partial charge in [-0.15, -0.1) is 11.3 Å². The third-order valence-corrected chi connectivity index (χ3v) is 3.87. The van der Waals surface area contributed by atoms with Crippen LogP contribution in [-0.2, 0) is 0 Å². The predicted molar refractivity (Wildman–Crippen MR) is 80.6 cm³/mol. The molecule has 3 rings (SSSR count). The lowest BCUT2D eigenvalue weighted by Crippen LogP contribution is -1.93. The SMILES string of the molecule is O=[N+]([O-])c1ccc(Oc2nc(Cl)nc3sccc23)c(Cl)c1. The largest absolute Gasteiger partial charge is 0.437 e. The molecule has 0 aliphatic rings. The van der Waals surface area contributed by atoms with Gasteiger partial charge in [-0.05, 0) is 29.1 Å². The number of aromatic nitrogens is 2. The minimum atomic E-state index is -0.533. The van der Waals surface area contributed by atoms with E-state index in [2.05, 4.69) is 9.97 Å². The van der Waals surface area contributed by atoms with E-state index in [1.54, 1.807) is 6.07 Å². The topological polar surface area (TPSA) is 78.2 Å². The Morgan fingerprint density at radius 3 is 2.76 bits per heavy atom. The van der Waals surface area contributed by atoms with E-state index in [1.165, 1.54) is 29.5 Å². The first-order valence-electron chi connectivity index (χ1n) is 5.57. The standard InChI is InChI=1S/C12H5Cl2N3O3S/c13-8-5-6(17(18)19)1-2-9(8)20-10-7-3-4-21-11(7)16-12(14)15-10/h1-5H. The summed E-state index contributed by atoms with van der Waals surface area (Å²) in [5.41, 5.74) is -0.117. The lowest BCUT2D eigenvalue weighted by molar-refractivity contribution is -0.384. The molecule has 0 aliphatic carbocycles. The molecule has 0 saturated heterocycles. The molecule has 0 bridgehead atoms. The van der Waals surface area contributed by atoms with Crippen molar-refractivity contribution in [1.82, 2.24) is 9.97 Å². The Labute approximate surface area is 132 Å². The minimum Gasteiger partial charge on any atom is -0.437 e. The van der Waals surface area contributed by atoms with Crippen molar-refractivity contribution in [2.24, 2.45) is 0 Å². The molecule has 0 spiro atoms. The summed E-state index contributed by atoms with van der Waals surface area (Å²) in [5, 5.41) is 13.4. The van der Waals surface area contributed by atoms with Crippen LogP contribution in [0.1, 0.15) is 0 Å². The lowest BCUT2D eigenvalue weighted by atomic mass is 10.3. The van der Waals surface area contributed by atoms with Gasteiger partial charge in [-0.25, -0.2) is 4.98 Å². The average Bonchev–Trinajstić information content (AvgIpc) is 2.88. The molecule has 0 atom stereocenters. The van der Waals surface area contributed by atoms with Crippen LogP contribution in [0, 0.1) is 10.1 Å². The van der Waals surface area contributed by atoms with E-state index in [0.717, 1.165) is 0 Å². The number of ether oxygens (including phenoxy) is 1. The molecule has 21 heavy (non-hydrogen) atoms. The molecule has 6 nitrogen and oxygen atoms in total. The van der Waals surface area contributed by atoms with Crippen LogP contribution in [0.3, 0.4) is 0 Å². The first kappa shape index (κ1) is 14.0. The Balaban J connectivity index is 2.02. The smallest absolute Gasteiger partial charge is 0.271 e. The van der Waals surface area contributed by atoms with Gasteiger partial charge in [0.05, 0.1) is 15.3 Å². The number of thiophene rings is 1. The highest BCUT2D eigenvalue weighted by atomic mass is 35.5. The molecule has 106 valence electrons. The molecule has 0 aliphatic heterocycles. The summed E-state index contributed by atoms with van der Waals surface area (Å²) in [7, 11) is 0. The van der Waals surface area contributed by atoms with Gasteiger partial charge in [0.15, 0.2) is 0 Å². The van der Waals surface area contributed by atoms with E-state index in [0.29, 0.717) is 10.2 Å². The van der Waals surface area contributed by atoms with Crippen molar-refractivity contribution in [1.29, 1.82) is 0 Å². The van der Waals surface area contributed by atoms with Gasteiger partial charge in [-0.3, -0.25) is 10.1 Å². The summed E-state index contributed by atoms with van der Waals surface area (Å²) >= 11 is 13.2. The maximum absolute atomic E-state index is 10.7. The summed E-state index contributed by atoms with van der Waals surface area (Å²) in [6.45, 7) is 0. The second-order valence-corrected chi connectivity index (χ2v) is 5.55. The summed E-state index contributed by atoms with van der Waals surface area (Å²) in [4.78, 5) is 18.9. The predicted octanol–water partition coefficient (Wildman–Crippen LogP) is 4.70. The van der Waals surface area contributed by atoms with Gasteiger partial charge in [-0.2, -0.15) is 4.98 Å². The molecule has 2 heterocycles. The fourth-order valence-electron chi connectivity index (χ4n) is 1.67. The van der Waals surface area contributed by atoms with Crippen molar-refractivity contribution in [2.75, 3.05) is 0 Å². The molecule has 0 radical (unpaired) electrons. The normalized spacial score (nSPS) is 10.8. The monoisotopic (exact) mass is 341 g/mol. The molecule has 3 aromatic rings. The average molecular weight is 342 g/mol. The van der Waals surface area contributed by atoms with Crippen LogP contribution in [0.4, 0.5) is 5.69 Å². The minimum absolute atomic E-state index is 0.0537. The zero-order valence-corrected chi connectivity index (χ0v) is 12.4. The van der Waals surface area contributed by atoms with Gasteiger partial charge in [0.1, 0.15) is 10.6 Å². The maximum Gasteiger partial charge on any atom is 0.271 e. The van der Waals surface area contributed by atoms with Crippen LogP contribution < -0.4 is 4.74 Å². The molecule has 0 fully saturated rings. The molecule has 0 N–H and O–H groups in total. The Morgan fingerprint density at radius 1 is 1.24 bits per heavy atom. The van der Waals surface area contributed by atoms with Crippen molar-refractivity contribution in [3.8, 4) is 11.6 Å². The van der Waals surface area contributed by atoms with Crippen LogP contribution in [0.5, 0.6) is 11.6 Å². The van der Waals surface area contributed by atoms with Crippen molar-refractivity contribution >= 4 is 50.4 Å². The maximum atomic E-state index is 10.7. The number of non-ortho nitro benzene ring substituents is 1. The van der Waals surface area contributed by atoms with Gasteiger partial charge in [0, 0.05) is 12.1 Å². The number of fused-ring (bicyclic) bond motifs is 1. The molecule has 9 heteroatoms. The molecule has 1 aromatic carbocycles. The van der Waals surface area contributed by atoms with E-state index in [4.69, 9.17) is 27.9 Å². The number of rotatable bonds is 3. The van der Waals surface area contributed by atoms with E-state index in [1.807, 2.05) is 5.38 Å². The van der Waals surface area contributed by atoms with Crippen LogP contribution in [0.2, 0.25) is 10.3 Å². The van der Waals surface area contributed by atoms with Gasteiger partial charge < -0.3 is 4.74 Å². The number of hydrogen-bond donors (Lipinski definition) is 0. The van der Waals surface area contributed by atoms with Crippen molar-refractivity contribution in [2.45, 2.75) is 0 Å². The fourth-order valence-corrected chi connectivity index (χ4v) is 2.85. The first-order valence-corrected chi connectivity index (χ1v) is 7.20. The molecular formula is C12H5Cl2N3O3S. The van der Waals surface area contributed by atoms with E-state index in [9.17, 15) is 10.1 Å². The second kappa shape index (κ2) is 5.44. The highest BCUT2D eigenvalue weighted by molar-refractivity contribution is 7.16. The Morgan fingerprint density at radius 2 is 2.05 bits per heavy atom. The van der Waals surface area contributed by atoms with Crippen LogP contribution in [0.15, 0.2) is 29.6 Å². The number of benzene rings is 1. The molecule has 0 amide bonds. The van der Waals surface area contributed by atoms with Gasteiger partial charge in [-0.1, -0.05) is 11.6 Å². The molecular weight excluding hydrogens is 337 g/mol. The van der Waals surface area contributed by atoms with Crippen LogP contribution >= 0.6 is 34.5 Å². The van der Waals surface area contributed by atoms with Crippen LogP contribution in [-0.4, -0.2) is 14.9 Å². The number of nitro groups is 1. The zero-order valence-electron chi connectivity index (χ0n) is 10.1. The Hall–Kier alpha value is -1.96. The van der Waals surface area contributed by atoms with Crippen molar-refractivity contribution in [3.05, 3.63) is 50.1 Å². The van der Waals surface area contributed by atoms with Gasteiger partial charge in [0.2, 0.25) is 11.2 Å². The Bertz CT molecular complexity index is 853. The second-order valence-electron chi connectivity index (χ2n) is 3.91. The number of hydrogen-bond acceptors (Lipinski definition) is 6. The Kier molecular flexibility index (Phi) is 3.62. The van der Waals surface area contributed by atoms with Crippen molar-refractivity contribution < 1.29 is 9.66 Å². The van der Waals surface area contributed by atoms with E-state index in [-0.39, 0.29) is 27.6 Å². The fraction of sp³-hybridized carbons (Fsp3) is 0. The third-order valence-electron chi connectivity index (χ3n) is 2.60.